The molecule has 0 amide bonds. The van der Waals surface area contributed by atoms with E-state index < -0.39 is 0 Å². The van der Waals surface area contributed by atoms with Gasteiger partial charge < -0.3 is 5.32 Å². The number of hydrogen-bond donors (Lipinski definition) is 1. The maximum Gasteiger partial charge on any atom is 0.0603 e. The Kier molecular flexibility index (Phi) is 6.45. The highest BCUT2D eigenvalue weighted by atomic mass is 79.9. The van der Waals surface area contributed by atoms with Gasteiger partial charge in [-0.1, -0.05) is 64.7 Å². The summed E-state index contributed by atoms with van der Waals surface area (Å²) >= 11 is 17.3. The highest BCUT2D eigenvalue weighted by Crippen LogP contribution is 2.35. The molecule has 2 aromatic rings. The van der Waals surface area contributed by atoms with Crippen LogP contribution in [0, 0.1) is 0 Å². The van der Waals surface area contributed by atoms with Crippen LogP contribution in [-0.4, -0.2) is 6.04 Å². The van der Waals surface area contributed by atoms with Crippen LogP contribution >= 0.6 is 50.9 Å². The molecule has 5 heteroatoms. The number of rotatable bonds is 5. The molecule has 0 aliphatic heterocycles. The van der Waals surface area contributed by atoms with Gasteiger partial charge in [0.05, 0.1) is 10.0 Å². The summed E-state index contributed by atoms with van der Waals surface area (Å²) in [5.41, 5.74) is 1.26. The Hall–Kier alpha value is -0.190. The van der Waals surface area contributed by atoms with E-state index in [9.17, 15) is 0 Å². The van der Waals surface area contributed by atoms with E-state index >= 15 is 0 Å². The molecule has 0 aliphatic rings. The lowest BCUT2D eigenvalue weighted by molar-refractivity contribution is 0.584. The lowest BCUT2D eigenvalue weighted by Crippen LogP contribution is -2.22. The van der Waals surface area contributed by atoms with Gasteiger partial charge in [-0.2, -0.15) is 0 Å². The summed E-state index contributed by atoms with van der Waals surface area (Å²) in [6.45, 7) is 5.12. The van der Waals surface area contributed by atoms with Crippen LogP contribution in [0.15, 0.2) is 50.7 Å². The Balaban J connectivity index is 2.23. The molecule has 0 fully saturated rings. The molecule has 0 aliphatic carbocycles. The topological polar surface area (TPSA) is 12.0 Å². The van der Waals surface area contributed by atoms with E-state index in [2.05, 4.69) is 53.3 Å². The number of benzene rings is 2. The van der Waals surface area contributed by atoms with Crippen molar-refractivity contribution in [2.45, 2.75) is 36.2 Å². The minimum atomic E-state index is 0.451. The van der Waals surface area contributed by atoms with Crippen LogP contribution in [0.3, 0.4) is 0 Å². The van der Waals surface area contributed by atoms with Crippen molar-refractivity contribution >= 4 is 50.9 Å². The number of halogens is 3. The maximum atomic E-state index is 6.08. The van der Waals surface area contributed by atoms with E-state index in [0.29, 0.717) is 16.1 Å². The second kappa shape index (κ2) is 7.89. The van der Waals surface area contributed by atoms with Crippen molar-refractivity contribution in [3.05, 3.63) is 56.5 Å². The molecule has 1 nitrogen and oxygen atoms in total. The molecular weight excluding hydrogens is 389 g/mol. The smallest absolute Gasteiger partial charge is 0.0603 e. The van der Waals surface area contributed by atoms with Gasteiger partial charge in [0.15, 0.2) is 0 Å². The molecule has 0 unspecified atom stereocenters. The first-order chi connectivity index (χ1) is 9.95. The van der Waals surface area contributed by atoms with Crippen molar-refractivity contribution in [3.8, 4) is 0 Å². The van der Waals surface area contributed by atoms with Crippen LogP contribution in [0.4, 0.5) is 0 Å². The van der Waals surface area contributed by atoms with Gasteiger partial charge in [0.25, 0.3) is 0 Å². The zero-order valence-electron chi connectivity index (χ0n) is 11.8. The Morgan fingerprint density at radius 2 is 1.86 bits per heavy atom. The first-order valence-corrected chi connectivity index (χ1v) is 8.97. The summed E-state index contributed by atoms with van der Waals surface area (Å²) in [6.07, 6.45) is 0. The largest absolute Gasteiger partial charge is 0.310 e. The third-order valence-corrected chi connectivity index (χ3v) is 5.18. The molecule has 0 heterocycles. The minimum Gasteiger partial charge on any atom is -0.310 e. The average molecular weight is 405 g/mol. The first-order valence-electron chi connectivity index (χ1n) is 6.60. The lowest BCUT2D eigenvalue weighted by atomic mass is 10.2. The molecular formula is C16H16BrCl2NS. The summed E-state index contributed by atoms with van der Waals surface area (Å²) in [5.74, 6) is 0. The van der Waals surface area contributed by atoms with Gasteiger partial charge in [0.1, 0.15) is 0 Å². The van der Waals surface area contributed by atoms with E-state index in [1.54, 1.807) is 11.8 Å². The molecule has 0 bridgehead atoms. The molecule has 0 saturated carbocycles. The molecule has 0 spiro atoms. The third-order valence-electron chi connectivity index (χ3n) is 2.84. The van der Waals surface area contributed by atoms with E-state index in [4.69, 9.17) is 23.2 Å². The van der Waals surface area contributed by atoms with Crippen molar-refractivity contribution < 1.29 is 0 Å². The Bertz CT molecular complexity index is 632. The molecule has 0 radical (unpaired) electrons. The van der Waals surface area contributed by atoms with Gasteiger partial charge in [-0.15, -0.1) is 0 Å². The van der Waals surface area contributed by atoms with Gasteiger partial charge in [-0.05, 0) is 42.0 Å². The molecule has 0 aromatic heterocycles. The van der Waals surface area contributed by atoms with Gasteiger partial charge in [-0.25, -0.2) is 0 Å². The van der Waals surface area contributed by atoms with Crippen LogP contribution in [0.1, 0.15) is 19.4 Å². The van der Waals surface area contributed by atoms with Crippen molar-refractivity contribution in [2.24, 2.45) is 0 Å². The predicted molar refractivity (Wildman–Crippen MR) is 96.7 cm³/mol. The number of hydrogen-bond acceptors (Lipinski definition) is 2. The van der Waals surface area contributed by atoms with Gasteiger partial charge in [0, 0.05) is 26.9 Å². The molecule has 112 valence electrons. The maximum absolute atomic E-state index is 6.08. The van der Waals surface area contributed by atoms with Crippen molar-refractivity contribution in [1.29, 1.82) is 0 Å². The molecule has 2 rings (SSSR count). The third kappa shape index (κ3) is 5.19. The lowest BCUT2D eigenvalue weighted by Gasteiger charge is -2.13. The highest BCUT2D eigenvalue weighted by molar-refractivity contribution is 9.10. The molecule has 0 saturated heterocycles. The van der Waals surface area contributed by atoms with Gasteiger partial charge in [0.2, 0.25) is 0 Å². The van der Waals surface area contributed by atoms with Crippen molar-refractivity contribution in [2.75, 3.05) is 0 Å². The van der Waals surface area contributed by atoms with Crippen molar-refractivity contribution in [3.63, 3.8) is 0 Å². The highest BCUT2D eigenvalue weighted by Gasteiger charge is 2.08. The molecule has 2 aromatic carbocycles. The summed E-state index contributed by atoms with van der Waals surface area (Å²) in [5, 5.41) is 4.62. The fourth-order valence-corrected chi connectivity index (χ4v) is 3.50. The minimum absolute atomic E-state index is 0.451. The average Bonchev–Trinajstić information content (AvgIpc) is 2.43. The van der Waals surface area contributed by atoms with Crippen LogP contribution in [0.2, 0.25) is 10.0 Å². The number of nitrogens with one attached hydrogen (secondary N) is 1. The quantitative estimate of drug-likeness (QED) is 0.618. The zero-order valence-corrected chi connectivity index (χ0v) is 15.7. The van der Waals surface area contributed by atoms with Crippen molar-refractivity contribution in [1.82, 2.24) is 5.32 Å². The van der Waals surface area contributed by atoms with E-state index in [-0.39, 0.29) is 0 Å². The Labute approximate surface area is 148 Å². The Morgan fingerprint density at radius 1 is 1.10 bits per heavy atom. The normalized spacial score (nSPS) is 11.1. The summed E-state index contributed by atoms with van der Waals surface area (Å²) in [6, 6.07) is 12.5. The zero-order chi connectivity index (χ0) is 15.4. The molecule has 0 atom stereocenters. The van der Waals surface area contributed by atoms with Crippen LogP contribution < -0.4 is 5.32 Å². The molecule has 21 heavy (non-hydrogen) atoms. The van der Waals surface area contributed by atoms with E-state index in [1.165, 1.54) is 10.5 Å². The molecule has 1 N–H and O–H groups in total. The van der Waals surface area contributed by atoms with Gasteiger partial charge >= 0.3 is 0 Å². The first kappa shape index (κ1) is 17.2. The fourth-order valence-electron chi connectivity index (χ4n) is 1.77. The predicted octanol–water partition coefficient (Wildman–Crippen LogP) is 6.41. The summed E-state index contributed by atoms with van der Waals surface area (Å²) < 4.78 is 1.08. The van der Waals surface area contributed by atoms with E-state index in [0.717, 1.165) is 15.9 Å². The van der Waals surface area contributed by atoms with Gasteiger partial charge in [-0.3, -0.25) is 0 Å². The fraction of sp³-hybridized carbons (Fsp3) is 0.250. The summed E-state index contributed by atoms with van der Waals surface area (Å²) in [7, 11) is 0. The van der Waals surface area contributed by atoms with E-state index in [1.807, 2.05) is 18.2 Å². The standard InChI is InChI=1S/C16H16BrCl2NS/c1-10(2)20-9-11-7-12(17)3-6-16(11)21-13-4-5-14(18)15(19)8-13/h3-8,10,20H,9H2,1-2H3. The van der Waals surface area contributed by atoms with Crippen LogP contribution in [0.25, 0.3) is 0 Å². The van der Waals surface area contributed by atoms with Crippen LogP contribution in [-0.2, 0) is 6.54 Å². The second-order valence-corrected chi connectivity index (χ2v) is 7.81. The summed E-state index contributed by atoms with van der Waals surface area (Å²) in [4.78, 5) is 2.29. The Morgan fingerprint density at radius 3 is 2.52 bits per heavy atom. The SMILES string of the molecule is CC(C)NCc1cc(Br)ccc1Sc1ccc(Cl)c(Cl)c1. The van der Waals surface area contributed by atoms with Crippen LogP contribution in [0.5, 0.6) is 0 Å². The second-order valence-electron chi connectivity index (χ2n) is 4.97. The monoisotopic (exact) mass is 403 g/mol.